The zero-order valence-electron chi connectivity index (χ0n) is 16.9. The average Bonchev–Trinajstić information content (AvgIpc) is 2.67. The Labute approximate surface area is 164 Å². The average molecular weight is 389 g/mol. The summed E-state index contributed by atoms with van der Waals surface area (Å²) in [4.78, 5) is 11.5. The highest BCUT2D eigenvalue weighted by molar-refractivity contribution is 5.69. The minimum absolute atomic E-state index is 0.280. The summed E-state index contributed by atoms with van der Waals surface area (Å²) < 4.78 is 4.89. The van der Waals surface area contributed by atoms with Gasteiger partial charge in [-0.1, -0.05) is 57.6 Å². The topological polar surface area (TPSA) is 107 Å². The second kappa shape index (κ2) is 18.4. The van der Waals surface area contributed by atoms with E-state index in [4.69, 9.17) is 14.9 Å². The molecule has 0 heterocycles. The molecule has 0 aromatic carbocycles. The largest absolute Gasteiger partial charge is 0.457 e. The van der Waals surface area contributed by atoms with Crippen LogP contribution in [-0.2, 0) is 9.53 Å². The standard InChI is InChI=1S/C21H40O6/c1-2-3-4-5-7-10-13-19(24)20(25)14-11-8-6-9-12-15-21(26)27-18(16-22)17-23/h7,10,18-20,22-25H,2-6,8-9,11-17H2,1H3/b10-7-/t19-,20-/m0/s1. The van der Waals surface area contributed by atoms with Gasteiger partial charge < -0.3 is 25.2 Å². The Kier molecular flexibility index (Phi) is 17.8. The maximum atomic E-state index is 11.5. The van der Waals surface area contributed by atoms with E-state index in [0.29, 0.717) is 19.3 Å². The number of carbonyl (C=O) groups excluding carboxylic acids is 1. The first-order valence-corrected chi connectivity index (χ1v) is 10.5. The molecule has 0 aliphatic heterocycles. The summed E-state index contributed by atoms with van der Waals surface area (Å²) in [6.07, 6.45) is 12.2. The fourth-order valence-corrected chi connectivity index (χ4v) is 2.75. The highest BCUT2D eigenvalue weighted by Crippen LogP contribution is 2.13. The Bertz CT molecular complexity index is 368. The van der Waals surface area contributed by atoms with E-state index in [1.165, 1.54) is 19.3 Å². The molecule has 0 bridgehead atoms. The van der Waals surface area contributed by atoms with E-state index in [1.807, 2.05) is 6.08 Å². The smallest absolute Gasteiger partial charge is 0.306 e. The Hall–Kier alpha value is -0.950. The molecular formula is C21H40O6. The van der Waals surface area contributed by atoms with Crippen LogP contribution in [0.15, 0.2) is 12.2 Å². The van der Waals surface area contributed by atoms with E-state index in [-0.39, 0.29) is 19.6 Å². The van der Waals surface area contributed by atoms with E-state index in [0.717, 1.165) is 32.1 Å². The molecular weight excluding hydrogens is 348 g/mol. The molecule has 6 nitrogen and oxygen atoms in total. The van der Waals surface area contributed by atoms with Crippen molar-refractivity contribution < 1.29 is 30.0 Å². The fourth-order valence-electron chi connectivity index (χ4n) is 2.75. The number of esters is 1. The summed E-state index contributed by atoms with van der Waals surface area (Å²) >= 11 is 0. The van der Waals surface area contributed by atoms with Crippen LogP contribution in [0.5, 0.6) is 0 Å². The van der Waals surface area contributed by atoms with E-state index >= 15 is 0 Å². The van der Waals surface area contributed by atoms with Gasteiger partial charge in [0.15, 0.2) is 0 Å². The molecule has 0 aliphatic carbocycles. The maximum Gasteiger partial charge on any atom is 0.306 e. The van der Waals surface area contributed by atoms with E-state index in [9.17, 15) is 15.0 Å². The van der Waals surface area contributed by atoms with Gasteiger partial charge in [0.05, 0.1) is 25.4 Å². The molecule has 27 heavy (non-hydrogen) atoms. The van der Waals surface area contributed by atoms with Gasteiger partial charge in [-0.25, -0.2) is 0 Å². The van der Waals surface area contributed by atoms with E-state index < -0.39 is 24.3 Å². The number of hydrogen-bond donors (Lipinski definition) is 4. The molecule has 0 saturated heterocycles. The van der Waals surface area contributed by atoms with Crippen LogP contribution in [0.3, 0.4) is 0 Å². The van der Waals surface area contributed by atoms with Crippen LogP contribution in [0.1, 0.15) is 84.0 Å². The highest BCUT2D eigenvalue weighted by atomic mass is 16.6. The van der Waals surface area contributed by atoms with Gasteiger partial charge in [-0.15, -0.1) is 0 Å². The SMILES string of the molecule is CCCCC/C=C\C[C@H](O)[C@@H](O)CCCCCCCC(=O)OC(CO)CO. The van der Waals surface area contributed by atoms with Crippen molar-refractivity contribution in [3.05, 3.63) is 12.2 Å². The molecule has 2 atom stereocenters. The second-order valence-electron chi connectivity index (χ2n) is 7.12. The molecule has 6 heteroatoms. The van der Waals surface area contributed by atoms with Crippen molar-refractivity contribution in [2.24, 2.45) is 0 Å². The summed E-state index contributed by atoms with van der Waals surface area (Å²) in [6.45, 7) is 1.43. The van der Waals surface area contributed by atoms with Gasteiger partial charge in [0, 0.05) is 6.42 Å². The van der Waals surface area contributed by atoms with Crippen LogP contribution in [0.25, 0.3) is 0 Å². The van der Waals surface area contributed by atoms with Crippen LogP contribution >= 0.6 is 0 Å². The third-order valence-electron chi connectivity index (χ3n) is 4.55. The van der Waals surface area contributed by atoms with E-state index in [1.54, 1.807) is 0 Å². The van der Waals surface area contributed by atoms with Crippen LogP contribution in [0, 0.1) is 0 Å². The number of rotatable bonds is 18. The van der Waals surface area contributed by atoms with Crippen LogP contribution in [-0.4, -0.2) is 57.9 Å². The molecule has 0 saturated carbocycles. The van der Waals surface area contributed by atoms with Gasteiger partial charge in [-0.3, -0.25) is 4.79 Å². The van der Waals surface area contributed by atoms with Crippen LogP contribution in [0.2, 0.25) is 0 Å². The highest BCUT2D eigenvalue weighted by Gasteiger charge is 2.14. The zero-order valence-corrected chi connectivity index (χ0v) is 16.9. The van der Waals surface area contributed by atoms with Gasteiger partial charge in [0.1, 0.15) is 6.10 Å². The molecule has 0 aliphatic rings. The van der Waals surface area contributed by atoms with Crippen LogP contribution in [0.4, 0.5) is 0 Å². The predicted molar refractivity (Wildman–Crippen MR) is 106 cm³/mol. The lowest BCUT2D eigenvalue weighted by Gasteiger charge is -2.16. The first-order chi connectivity index (χ1) is 13.0. The van der Waals surface area contributed by atoms with Gasteiger partial charge in [0.2, 0.25) is 0 Å². The number of carbonyl (C=O) groups is 1. The first-order valence-electron chi connectivity index (χ1n) is 10.5. The Morgan fingerprint density at radius 2 is 1.56 bits per heavy atom. The van der Waals surface area contributed by atoms with Crippen molar-refractivity contribution in [2.75, 3.05) is 13.2 Å². The molecule has 0 unspecified atom stereocenters. The molecule has 0 aromatic rings. The fraction of sp³-hybridized carbons (Fsp3) is 0.857. The van der Waals surface area contributed by atoms with Crippen molar-refractivity contribution in [3.63, 3.8) is 0 Å². The zero-order chi connectivity index (χ0) is 20.3. The molecule has 0 spiro atoms. The molecule has 0 aromatic heterocycles. The number of allylic oxidation sites excluding steroid dienone is 1. The molecule has 0 fully saturated rings. The lowest BCUT2D eigenvalue weighted by molar-refractivity contribution is -0.153. The number of ether oxygens (including phenoxy) is 1. The molecule has 0 rings (SSSR count). The van der Waals surface area contributed by atoms with Crippen molar-refractivity contribution >= 4 is 5.97 Å². The quantitative estimate of drug-likeness (QED) is 0.163. The van der Waals surface area contributed by atoms with Gasteiger partial charge in [0.25, 0.3) is 0 Å². The number of aliphatic hydroxyl groups is 4. The van der Waals surface area contributed by atoms with Crippen molar-refractivity contribution in [1.29, 1.82) is 0 Å². The first kappa shape index (κ1) is 26.1. The lowest BCUT2D eigenvalue weighted by Crippen LogP contribution is -2.25. The third-order valence-corrected chi connectivity index (χ3v) is 4.55. The lowest BCUT2D eigenvalue weighted by atomic mass is 10.0. The summed E-state index contributed by atoms with van der Waals surface area (Å²) in [5, 5.41) is 37.6. The van der Waals surface area contributed by atoms with Crippen molar-refractivity contribution in [1.82, 2.24) is 0 Å². The number of aliphatic hydroxyl groups excluding tert-OH is 4. The Morgan fingerprint density at radius 3 is 2.22 bits per heavy atom. The summed E-state index contributed by atoms with van der Waals surface area (Å²) in [5.74, 6) is -0.399. The number of hydrogen-bond acceptors (Lipinski definition) is 6. The Balaban J connectivity index is 3.59. The minimum atomic E-state index is -0.823. The normalized spacial score (nSPS) is 14.0. The van der Waals surface area contributed by atoms with Gasteiger partial charge in [-0.2, -0.15) is 0 Å². The van der Waals surface area contributed by atoms with Crippen LogP contribution < -0.4 is 0 Å². The third kappa shape index (κ3) is 15.8. The van der Waals surface area contributed by atoms with Crippen molar-refractivity contribution in [3.8, 4) is 0 Å². The predicted octanol–water partition coefficient (Wildman–Crippen LogP) is 2.86. The molecule has 4 N–H and O–H groups in total. The maximum absolute atomic E-state index is 11.5. The Morgan fingerprint density at radius 1 is 0.889 bits per heavy atom. The van der Waals surface area contributed by atoms with Gasteiger partial charge in [-0.05, 0) is 32.1 Å². The summed E-state index contributed by atoms with van der Waals surface area (Å²) in [6, 6.07) is 0. The summed E-state index contributed by atoms with van der Waals surface area (Å²) in [7, 11) is 0. The van der Waals surface area contributed by atoms with Crippen molar-refractivity contribution in [2.45, 2.75) is 102 Å². The minimum Gasteiger partial charge on any atom is -0.457 e. The monoisotopic (exact) mass is 388 g/mol. The molecule has 160 valence electrons. The molecule has 0 radical (unpaired) electrons. The molecule has 0 amide bonds. The second-order valence-corrected chi connectivity index (χ2v) is 7.12. The van der Waals surface area contributed by atoms with Gasteiger partial charge >= 0.3 is 5.97 Å². The number of unbranched alkanes of at least 4 members (excludes halogenated alkanes) is 7. The van der Waals surface area contributed by atoms with E-state index in [2.05, 4.69) is 13.0 Å². The summed E-state index contributed by atoms with van der Waals surface area (Å²) in [5.41, 5.74) is 0.